The van der Waals surface area contributed by atoms with E-state index < -0.39 is 17.7 Å². The van der Waals surface area contributed by atoms with E-state index in [-0.39, 0.29) is 22.8 Å². The highest BCUT2D eigenvalue weighted by Crippen LogP contribution is 2.42. The molecule has 0 spiro atoms. The third kappa shape index (κ3) is 7.32. The molecule has 0 radical (unpaired) electrons. The summed E-state index contributed by atoms with van der Waals surface area (Å²) in [7, 11) is 1.55. The number of methoxy groups -OCH3 is 1. The van der Waals surface area contributed by atoms with E-state index in [1.54, 1.807) is 43.5 Å². The molecule has 8 nitrogen and oxygen atoms in total. The number of rotatable bonds is 15. The Morgan fingerprint density at radius 1 is 0.949 bits per heavy atom. The lowest BCUT2D eigenvalue weighted by molar-refractivity contribution is -0.140. The number of likely N-dealkylation sites (tertiary alicyclic amines) is 1. The molecule has 1 unspecified atom stereocenters. The molecule has 0 aliphatic carbocycles. The number of aliphatic hydroxyl groups excluding tert-OH is 1. The van der Waals surface area contributed by atoms with Crippen LogP contribution >= 0.6 is 0 Å². The molecule has 39 heavy (non-hydrogen) atoms. The monoisotopic (exact) mass is 538 g/mol. The Labute approximate surface area is 231 Å². The first kappa shape index (κ1) is 30.0. The van der Waals surface area contributed by atoms with Gasteiger partial charge in [-0.25, -0.2) is 0 Å². The van der Waals surface area contributed by atoms with Gasteiger partial charge < -0.3 is 29.5 Å². The number of hydrogen-bond acceptors (Lipinski definition) is 7. The minimum absolute atomic E-state index is 0.0205. The number of aliphatic hydroxyl groups is 1. The fourth-order valence-electron chi connectivity index (χ4n) is 4.90. The highest BCUT2D eigenvalue weighted by atomic mass is 16.5. The first-order chi connectivity index (χ1) is 18.9. The molecule has 1 heterocycles. The van der Waals surface area contributed by atoms with E-state index in [2.05, 4.69) is 18.7 Å². The lowest BCUT2D eigenvalue weighted by Crippen LogP contribution is -2.34. The number of ketones is 1. The Bertz CT molecular complexity index is 1140. The van der Waals surface area contributed by atoms with Crippen molar-refractivity contribution in [2.45, 2.75) is 58.9 Å². The largest absolute Gasteiger partial charge is 0.507 e. The first-order valence-electron chi connectivity index (χ1n) is 14.0. The Balaban J connectivity index is 1.98. The molecule has 0 aromatic heterocycles. The van der Waals surface area contributed by atoms with Gasteiger partial charge in [-0.2, -0.15) is 0 Å². The molecule has 1 atom stereocenters. The molecule has 0 bridgehead atoms. The molecule has 1 aliphatic rings. The van der Waals surface area contributed by atoms with Gasteiger partial charge in [-0.15, -0.1) is 0 Å². The van der Waals surface area contributed by atoms with Gasteiger partial charge in [0.2, 0.25) is 0 Å². The van der Waals surface area contributed by atoms with Gasteiger partial charge in [0, 0.05) is 12.1 Å². The van der Waals surface area contributed by atoms with Crippen LogP contribution < -0.4 is 9.47 Å². The summed E-state index contributed by atoms with van der Waals surface area (Å²) in [5.74, 6) is -0.783. The number of Topliss-reactive ketones (excluding diaryl/α,β-unsaturated/α-hetero) is 1. The van der Waals surface area contributed by atoms with Crippen LogP contribution in [0, 0.1) is 0 Å². The molecule has 2 aromatic carbocycles. The zero-order chi connectivity index (χ0) is 28.4. The van der Waals surface area contributed by atoms with Crippen LogP contribution in [0.1, 0.15) is 70.0 Å². The Morgan fingerprint density at radius 3 is 2.18 bits per heavy atom. The number of hydrogen-bond donors (Lipinski definition) is 2. The minimum Gasteiger partial charge on any atom is -0.507 e. The number of unbranched alkanes of at least 4 members (excludes halogenated alkanes) is 2. The maximum absolute atomic E-state index is 13.4. The van der Waals surface area contributed by atoms with E-state index in [0.717, 1.165) is 45.3 Å². The second-order valence-electron chi connectivity index (χ2n) is 9.78. The van der Waals surface area contributed by atoms with E-state index in [9.17, 15) is 19.8 Å². The predicted octanol–water partition coefficient (Wildman–Crippen LogP) is 5.51. The number of ether oxygens (including phenoxy) is 2. The summed E-state index contributed by atoms with van der Waals surface area (Å²) in [5.41, 5.74) is 1.01. The fourth-order valence-corrected chi connectivity index (χ4v) is 4.90. The standard InChI is InChI=1S/C31H42N2O6/c1-5-8-17-32(18-9-6-2)19-10-20-33-28(23-13-16-25(34)26(21-23)39-7-3)27(30(36)31(33)37)29(35)22-11-14-24(38-4)15-12-22/h11-16,21,28,34-35H,5-10,17-20H2,1-4H3. The average Bonchev–Trinajstić information content (AvgIpc) is 3.20. The Kier molecular flexibility index (Phi) is 11.2. The third-order valence-corrected chi connectivity index (χ3v) is 7.03. The summed E-state index contributed by atoms with van der Waals surface area (Å²) in [6.07, 6.45) is 5.15. The van der Waals surface area contributed by atoms with Crippen LogP contribution in [-0.4, -0.2) is 71.6 Å². The van der Waals surface area contributed by atoms with Crippen LogP contribution in [0.25, 0.3) is 5.76 Å². The van der Waals surface area contributed by atoms with E-state index in [1.165, 1.54) is 11.0 Å². The van der Waals surface area contributed by atoms with Gasteiger partial charge in [0.05, 0.1) is 25.3 Å². The highest BCUT2D eigenvalue weighted by molar-refractivity contribution is 6.46. The SMILES string of the molecule is CCCCN(CCCC)CCCN1C(=O)C(=O)C(=C(O)c2ccc(OC)cc2)C1c1ccc(O)c(OCC)c1. The topological polar surface area (TPSA) is 99.5 Å². The number of carbonyl (C=O) groups is 2. The molecule has 1 fully saturated rings. The average molecular weight is 539 g/mol. The number of nitrogens with zero attached hydrogens (tertiary/aromatic N) is 2. The van der Waals surface area contributed by atoms with Crippen molar-refractivity contribution in [1.82, 2.24) is 9.80 Å². The second-order valence-corrected chi connectivity index (χ2v) is 9.78. The zero-order valence-corrected chi connectivity index (χ0v) is 23.6. The number of phenols is 1. The van der Waals surface area contributed by atoms with Crippen LogP contribution in [0.15, 0.2) is 48.0 Å². The lowest BCUT2D eigenvalue weighted by Gasteiger charge is -2.28. The molecule has 0 saturated carbocycles. The van der Waals surface area contributed by atoms with Crippen molar-refractivity contribution >= 4 is 17.4 Å². The van der Waals surface area contributed by atoms with E-state index >= 15 is 0 Å². The van der Waals surface area contributed by atoms with Gasteiger partial charge in [0.1, 0.15) is 11.5 Å². The van der Waals surface area contributed by atoms with Gasteiger partial charge in [0.25, 0.3) is 11.7 Å². The van der Waals surface area contributed by atoms with Crippen molar-refractivity contribution in [1.29, 1.82) is 0 Å². The number of carbonyl (C=O) groups excluding carboxylic acids is 2. The summed E-state index contributed by atoms with van der Waals surface area (Å²) in [5, 5.41) is 21.6. The summed E-state index contributed by atoms with van der Waals surface area (Å²) < 4.78 is 10.8. The summed E-state index contributed by atoms with van der Waals surface area (Å²) in [6.45, 7) is 9.68. The zero-order valence-electron chi connectivity index (χ0n) is 23.6. The lowest BCUT2D eigenvalue weighted by atomic mass is 9.95. The summed E-state index contributed by atoms with van der Waals surface area (Å²) in [4.78, 5) is 30.7. The Morgan fingerprint density at radius 2 is 1.59 bits per heavy atom. The number of aromatic hydroxyl groups is 1. The van der Waals surface area contributed by atoms with E-state index in [0.29, 0.717) is 36.4 Å². The Hall–Kier alpha value is -3.52. The van der Waals surface area contributed by atoms with Crippen molar-refractivity contribution in [3.05, 3.63) is 59.2 Å². The molecule has 1 aliphatic heterocycles. The van der Waals surface area contributed by atoms with Crippen molar-refractivity contribution in [2.24, 2.45) is 0 Å². The van der Waals surface area contributed by atoms with E-state index in [4.69, 9.17) is 9.47 Å². The van der Waals surface area contributed by atoms with Crippen molar-refractivity contribution in [3.8, 4) is 17.2 Å². The highest BCUT2D eigenvalue weighted by Gasteiger charge is 2.46. The molecular weight excluding hydrogens is 496 g/mol. The van der Waals surface area contributed by atoms with E-state index in [1.807, 2.05) is 6.92 Å². The van der Waals surface area contributed by atoms with Gasteiger partial charge in [-0.05, 0) is 87.8 Å². The van der Waals surface area contributed by atoms with Gasteiger partial charge in [-0.1, -0.05) is 32.8 Å². The normalized spacial score (nSPS) is 16.7. The van der Waals surface area contributed by atoms with Gasteiger partial charge in [-0.3, -0.25) is 9.59 Å². The van der Waals surface area contributed by atoms with Gasteiger partial charge in [0.15, 0.2) is 11.5 Å². The maximum atomic E-state index is 13.4. The fraction of sp³-hybridized carbons (Fsp3) is 0.484. The quantitative estimate of drug-likeness (QED) is 0.175. The predicted molar refractivity (Wildman–Crippen MR) is 152 cm³/mol. The molecule has 1 amide bonds. The number of phenolic OH excluding ortho intramolecular Hbond substituents is 1. The maximum Gasteiger partial charge on any atom is 0.295 e. The second kappa shape index (κ2) is 14.6. The first-order valence-corrected chi connectivity index (χ1v) is 14.0. The number of amides is 1. The van der Waals surface area contributed by atoms with Crippen LogP contribution in [-0.2, 0) is 9.59 Å². The van der Waals surface area contributed by atoms with Crippen LogP contribution in [0.2, 0.25) is 0 Å². The molecule has 3 rings (SSSR count). The van der Waals surface area contributed by atoms with Crippen molar-refractivity contribution < 1.29 is 29.3 Å². The molecule has 2 aromatic rings. The molecule has 2 N–H and O–H groups in total. The number of benzene rings is 2. The molecule has 212 valence electrons. The molecular formula is C31H42N2O6. The smallest absolute Gasteiger partial charge is 0.295 e. The minimum atomic E-state index is -0.813. The van der Waals surface area contributed by atoms with Crippen molar-refractivity contribution in [2.75, 3.05) is 39.9 Å². The summed E-state index contributed by atoms with van der Waals surface area (Å²) in [6, 6.07) is 10.7. The molecule has 1 saturated heterocycles. The summed E-state index contributed by atoms with van der Waals surface area (Å²) >= 11 is 0. The third-order valence-electron chi connectivity index (χ3n) is 7.03. The van der Waals surface area contributed by atoms with Crippen LogP contribution in [0.5, 0.6) is 17.2 Å². The molecule has 8 heteroatoms. The van der Waals surface area contributed by atoms with Gasteiger partial charge >= 0.3 is 0 Å². The van der Waals surface area contributed by atoms with Crippen LogP contribution in [0.3, 0.4) is 0 Å². The van der Waals surface area contributed by atoms with Crippen molar-refractivity contribution in [3.63, 3.8) is 0 Å². The van der Waals surface area contributed by atoms with Crippen LogP contribution in [0.4, 0.5) is 0 Å².